The second kappa shape index (κ2) is 8.91. The number of imidazole rings is 1. The van der Waals surface area contributed by atoms with Crippen LogP contribution in [0.3, 0.4) is 0 Å². The van der Waals surface area contributed by atoms with E-state index in [-0.39, 0.29) is 6.04 Å². The summed E-state index contributed by atoms with van der Waals surface area (Å²) in [5.41, 5.74) is 3.38. The molecule has 1 atom stereocenters. The van der Waals surface area contributed by atoms with Crippen LogP contribution in [0.1, 0.15) is 44.6 Å². The second-order valence-corrected chi connectivity index (χ2v) is 6.64. The minimum absolute atomic E-state index is 0.138. The molecular weight excluding hydrogens is 338 g/mol. The maximum atomic E-state index is 5.73. The van der Waals surface area contributed by atoms with E-state index < -0.39 is 0 Å². The van der Waals surface area contributed by atoms with Crippen LogP contribution in [0.5, 0.6) is 11.5 Å². The topological polar surface area (TPSA) is 48.3 Å². The van der Waals surface area contributed by atoms with Crippen LogP contribution in [0.4, 0.5) is 0 Å². The summed E-state index contributed by atoms with van der Waals surface area (Å²) in [6.07, 6.45) is 0.975. The van der Waals surface area contributed by atoms with Gasteiger partial charge < -0.3 is 19.4 Å². The lowest BCUT2D eigenvalue weighted by Gasteiger charge is -2.16. The Labute approximate surface area is 161 Å². The Morgan fingerprint density at radius 3 is 2.67 bits per heavy atom. The van der Waals surface area contributed by atoms with Crippen molar-refractivity contribution in [3.8, 4) is 11.5 Å². The summed E-state index contributed by atoms with van der Waals surface area (Å²) in [5, 5.41) is 3.59. The average molecular weight is 367 g/mol. The minimum atomic E-state index is 0.138. The molecule has 0 saturated heterocycles. The first-order valence-electron chi connectivity index (χ1n) is 9.66. The van der Waals surface area contributed by atoms with E-state index in [1.807, 2.05) is 18.2 Å². The number of nitrogens with zero attached hydrogens (tertiary/aromatic N) is 2. The summed E-state index contributed by atoms with van der Waals surface area (Å²) in [7, 11) is 1.68. The van der Waals surface area contributed by atoms with Gasteiger partial charge in [0.1, 0.15) is 5.82 Å². The molecule has 0 saturated carbocycles. The molecule has 0 fully saturated rings. The number of aromatic nitrogens is 2. The van der Waals surface area contributed by atoms with E-state index in [2.05, 4.69) is 54.9 Å². The number of benzene rings is 2. The van der Waals surface area contributed by atoms with Crippen molar-refractivity contribution in [2.45, 2.75) is 46.3 Å². The van der Waals surface area contributed by atoms with Crippen LogP contribution in [0.25, 0.3) is 11.0 Å². The van der Waals surface area contributed by atoms with Crippen molar-refractivity contribution in [3.63, 3.8) is 0 Å². The predicted molar refractivity (Wildman–Crippen MR) is 109 cm³/mol. The molecule has 27 heavy (non-hydrogen) atoms. The molecule has 1 heterocycles. The van der Waals surface area contributed by atoms with Gasteiger partial charge in [-0.15, -0.1) is 0 Å². The SMILES string of the molecule is CCCOc1ccc(CNC(C)c2nc3ccccc3n2CC)cc1OC. The smallest absolute Gasteiger partial charge is 0.161 e. The van der Waals surface area contributed by atoms with Crippen LogP contribution < -0.4 is 14.8 Å². The second-order valence-electron chi connectivity index (χ2n) is 6.64. The van der Waals surface area contributed by atoms with E-state index in [9.17, 15) is 0 Å². The van der Waals surface area contributed by atoms with Crippen LogP contribution in [0.15, 0.2) is 42.5 Å². The summed E-state index contributed by atoms with van der Waals surface area (Å²) < 4.78 is 13.5. The molecule has 0 aliphatic carbocycles. The van der Waals surface area contributed by atoms with Crippen molar-refractivity contribution in [2.24, 2.45) is 0 Å². The number of methoxy groups -OCH3 is 1. The number of ether oxygens (including phenoxy) is 2. The van der Waals surface area contributed by atoms with Gasteiger partial charge in [-0.05, 0) is 50.1 Å². The fourth-order valence-corrected chi connectivity index (χ4v) is 3.27. The lowest BCUT2D eigenvalue weighted by atomic mass is 10.2. The van der Waals surface area contributed by atoms with Crippen molar-refractivity contribution in [2.75, 3.05) is 13.7 Å². The molecule has 1 unspecified atom stereocenters. The van der Waals surface area contributed by atoms with Gasteiger partial charge in [0, 0.05) is 13.1 Å². The first kappa shape index (κ1) is 19.2. The molecule has 2 aromatic carbocycles. The van der Waals surface area contributed by atoms with Gasteiger partial charge in [0.2, 0.25) is 0 Å². The molecule has 3 aromatic rings. The number of hydrogen-bond donors (Lipinski definition) is 1. The van der Waals surface area contributed by atoms with Crippen molar-refractivity contribution in [3.05, 3.63) is 53.9 Å². The molecular formula is C22H29N3O2. The summed E-state index contributed by atoms with van der Waals surface area (Å²) in [5.74, 6) is 2.63. The van der Waals surface area contributed by atoms with Crippen LogP contribution in [-0.4, -0.2) is 23.3 Å². The lowest BCUT2D eigenvalue weighted by Crippen LogP contribution is -2.21. The van der Waals surface area contributed by atoms with Gasteiger partial charge in [0.15, 0.2) is 11.5 Å². The van der Waals surface area contributed by atoms with Crippen LogP contribution in [0.2, 0.25) is 0 Å². The van der Waals surface area contributed by atoms with Gasteiger partial charge in [-0.3, -0.25) is 0 Å². The van der Waals surface area contributed by atoms with Crippen molar-refractivity contribution in [1.29, 1.82) is 0 Å². The van der Waals surface area contributed by atoms with E-state index in [1.165, 1.54) is 5.52 Å². The van der Waals surface area contributed by atoms with Crippen molar-refractivity contribution >= 4 is 11.0 Å². The van der Waals surface area contributed by atoms with Gasteiger partial charge in [-0.25, -0.2) is 4.98 Å². The number of rotatable bonds is 9. The van der Waals surface area contributed by atoms with E-state index in [0.717, 1.165) is 47.9 Å². The Morgan fingerprint density at radius 2 is 1.93 bits per heavy atom. The monoisotopic (exact) mass is 367 g/mol. The quantitative estimate of drug-likeness (QED) is 0.595. The Morgan fingerprint density at radius 1 is 1.11 bits per heavy atom. The Hall–Kier alpha value is -2.53. The van der Waals surface area contributed by atoms with Crippen molar-refractivity contribution < 1.29 is 9.47 Å². The zero-order chi connectivity index (χ0) is 19.2. The van der Waals surface area contributed by atoms with E-state index in [0.29, 0.717) is 6.61 Å². The fourth-order valence-electron chi connectivity index (χ4n) is 3.27. The number of para-hydroxylation sites is 2. The van der Waals surface area contributed by atoms with Gasteiger partial charge in [0.05, 0.1) is 30.8 Å². The van der Waals surface area contributed by atoms with Gasteiger partial charge in [-0.1, -0.05) is 25.1 Å². The van der Waals surface area contributed by atoms with E-state index >= 15 is 0 Å². The maximum absolute atomic E-state index is 5.73. The van der Waals surface area contributed by atoms with Crippen LogP contribution in [0, 0.1) is 0 Å². The van der Waals surface area contributed by atoms with E-state index in [1.54, 1.807) is 7.11 Å². The molecule has 144 valence electrons. The maximum Gasteiger partial charge on any atom is 0.161 e. The summed E-state index contributed by atoms with van der Waals surface area (Å²) in [6, 6.07) is 14.5. The summed E-state index contributed by atoms with van der Waals surface area (Å²) >= 11 is 0. The lowest BCUT2D eigenvalue weighted by molar-refractivity contribution is 0.294. The molecule has 0 aliphatic rings. The highest BCUT2D eigenvalue weighted by Crippen LogP contribution is 2.28. The van der Waals surface area contributed by atoms with Gasteiger partial charge in [0.25, 0.3) is 0 Å². The number of aryl methyl sites for hydroxylation is 1. The fraction of sp³-hybridized carbons (Fsp3) is 0.409. The number of fused-ring (bicyclic) bond motifs is 1. The Balaban J connectivity index is 1.73. The number of hydrogen-bond acceptors (Lipinski definition) is 4. The van der Waals surface area contributed by atoms with Crippen molar-refractivity contribution in [1.82, 2.24) is 14.9 Å². The summed E-state index contributed by atoms with van der Waals surface area (Å²) in [4.78, 5) is 4.83. The molecule has 0 radical (unpaired) electrons. The molecule has 1 aromatic heterocycles. The molecule has 0 bridgehead atoms. The predicted octanol–water partition coefficient (Wildman–Crippen LogP) is 4.70. The molecule has 3 rings (SSSR count). The first-order chi connectivity index (χ1) is 13.2. The Kier molecular flexibility index (Phi) is 6.35. The first-order valence-corrected chi connectivity index (χ1v) is 9.66. The molecule has 0 aliphatic heterocycles. The highest BCUT2D eigenvalue weighted by molar-refractivity contribution is 5.76. The summed E-state index contributed by atoms with van der Waals surface area (Å²) in [6.45, 7) is 8.74. The highest BCUT2D eigenvalue weighted by Gasteiger charge is 2.15. The number of nitrogens with one attached hydrogen (secondary N) is 1. The highest BCUT2D eigenvalue weighted by atomic mass is 16.5. The largest absolute Gasteiger partial charge is 0.493 e. The normalized spacial score (nSPS) is 12.3. The molecule has 0 amide bonds. The third-order valence-electron chi connectivity index (χ3n) is 4.69. The third kappa shape index (κ3) is 4.25. The standard InChI is InChI=1S/C22H29N3O2/c1-5-13-27-20-12-11-17(14-21(20)26-4)15-23-16(3)22-24-18-9-7-8-10-19(18)25(22)6-2/h7-12,14,16,23H,5-6,13,15H2,1-4H3. The van der Waals surface area contributed by atoms with Crippen LogP contribution in [-0.2, 0) is 13.1 Å². The molecule has 5 nitrogen and oxygen atoms in total. The Bertz CT molecular complexity index is 888. The average Bonchev–Trinajstić information content (AvgIpc) is 3.09. The van der Waals surface area contributed by atoms with Gasteiger partial charge in [-0.2, -0.15) is 0 Å². The van der Waals surface area contributed by atoms with Crippen LogP contribution >= 0.6 is 0 Å². The molecule has 1 N–H and O–H groups in total. The molecule has 0 spiro atoms. The zero-order valence-electron chi connectivity index (χ0n) is 16.7. The van der Waals surface area contributed by atoms with E-state index in [4.69, 9.17) is 14.5 Å². The van der Waals surface area contributed by atoms with Gasteiger partial charge >= 0.3 is 0 Å². The third-order valence-corrected chi connectivity index (χ3v) is 4.69. The zero-order valence-corrected chi connectivity index (χ0v) is 16.7. The minimum Gasteiger partial charge on any atom is -0.493 e. The molecule has 5 heteroatoms.